The molecule has 0 heterocycles. The van der Waals surface area contributed by atoms with Crippen LogP contribution in [0.3, 0.4) is 0 Å². The first kappa shape index (κ1) is 12.2. The quantitative estimate of drug-likeness (QED) is 0.308. The summed E-state index contributed by atoms with van der Waals surface area (Å²) in [6.45, 7) is 12.2. The zero-order valence-electron chi connectivity index (χ0n) is 9.17. The highest BCUT2D eigenvalue weighted by atomic mass is 16.4. The monoisotopic (exact) mass is 183 g/mol. The second-order valence-corrected chi connectivity index (χ2v) is 4.51. The lowest BCUT2D eigenvalue weighted by Gasteiger charge is -2.27. The summed E-state index contributed by atoms with van der Waals surface area (Å²) in [5, 5.41) is 12.2. The average molecular weight is 183 g/mol. The standard InChI is InChI=1S/C11H21NO/c1-6-7-8-10(12-13)9(2)11(3,4)5/h6,9,13H,1,7-8H2,2-5H3/b12-10+. The molecule has 0 bridgehead atoms. The molecule has 1 atom stereocenters. The van der Waals surface area contributed by atoms with Gasteiger partial charge in [-0.05, 0) is 18.3 Å². The van der Waals surface area contributed by atoms with E-state index >= 15 is 0 Å². The summed E-state index contributed by atoms with van der Waals surface area (Å²) in [5.41, 5.74) is 1.02. The maximum absolute atomic E-state index is 8.84. The molecule has 0 aliphatic rings. The highest BCUT2D eigenvalue weighted by Crippen LogP contribution is 2.27. The van der Waals surface area contributed by atoms with Crippen LogP contribution in [0.1, 0.15) is 40.5 Å². The van der Waals surface area contributed by atoms with Crippen LogP contribution in [-0.2, 0) is 0 Å². The van der Waals surface area contributed by atoms with E-state index in [-0.39, 0.29) is 5.41 Å². The first-order chi connectivity index (χ1) is 5.93. The fourth-order valence-electron chi connectivity index (χ4n) is 1.10. The molecular weight excluding hydrogens is 162 g/mol. The third-order valence-corrected chi connectivity index (χ3v) is 2.53. The Bertz CT molecular complexity index is 189. The fourth-order valence-corrected chi connectivity index (χ4v) is 1.10. The molecule has 0 saturated heterocycles. The van der Waals surface area contributed by atoms with E-state index in [0.29, 0.717) is 5.92 Å². The van der Waals surface area contributed by atoms with Gasteiger partial charge in [0.05, 0.1) is 5.71 Å². The Hall–Kier alpha value is -0.790. The van der Waals surface area contributed by atoms with Crippen molar-refractivity contribution < 1.29 is 5.21 Å². The lowest BCUT2D eigenvalue weighted by molar-refractivity contribution is 0.288. The van der Waals surface area contributed by atoms with Gasteiger partial charge in [0.2, 0.25) is 0 Å². The van der Waals surface area contributed by atoms with E-state index in [1.54, 1.807) is 0 Å². The Labute approximate surface area is 81.3 Å². The smallest absolute Gasteiger partial charge is 0.0607 e. The number of hydrogen-bond acceptors (Lipinski definition) is 2. The second-order valence-electron chi connectivity index (χ2n) is 4.51. The van der Waals surface area contributed by atoms with E-state index in [1.165, 1.54) is 0 Å². The Balaban J connectivity index is 4.33. The number of rotatable bonds is 4. The highest BCUT2D eigenvalue weighted by molar-refractivity contribution is 5.86. The predicted molar refractivity (Wildman–Crippen MR) is 57.3 cm³/mol. The lowest BCUT2D eigenvalue weighted by atomic mass is 9.78. The number of allylic oxidation sites excluding steroid dienone is 1. The first-order valence-corrected chi connectivity index (χ1v) is 4.75. The third-order valence-electron chi connectivity index (χ3n) is 2.53. The Morgan fingerprint density at radius 1 is 1.54 bits per heavy atom. The number of oxime groups is 1. The molecule has 13 heavy (non-hydrogen) atoms. The third kappa shape index (κ3) is 4.11. The zero-order valence-corrected chi connectivity index (χ0v) is 9.17. The topological polar surface area (TPSA) is 32.6 Å². The summed E-state index contributed by atoms with van der Waals surface area (Å²) >= 11 is 0. The van der Waals surface area contributed by atoms with Crippen molar-refractivity contribution in [2.45, 2.75) is 40.5 Å². The van der Waals surface area contributed by atoms with Crippen molar-refractivity contribution in [1.82, 2.24) is 0 Å². The van der Waals surface area contributed by atoms with Crippen molar-refractivity contribution >= 4 is 5.71 Å². The summed E-state index contributed by atoms with van der Waals surface area (Å²) in [6, 6.07) is 0. The SMILES string of the molecule is C=CCC/C(=N\O)C(C)C(C)(C)C. The molecule has 0 rings (SSSR count). The van der Waals surface area contributed by atoms with Crippen LogP contribution in [0.2, 0.25) is 0 Å². The van der Waals surface area contributed by atoms with Gasteiger partial charge in [-0.15, -0.1) is 6.58 Å². The van der Waals surface area contributed by atoms with Crippen molar-refractivity contribution in [3.63, 3.8) is 0 Å². The van der Waals surface area contributed by atoms with Gasteiger partial charge in [-0.2, -0.15) is 0 Å². The van der Waals surface area contributed by atoms with Crippen molar-refractivity contribution in [3.8, 4) is 0 Å². The highest BCUT2D eigenvalue weighted by Gasteiger charge is 2.24. The van der Waals surface area contributed by atoms with Crippen molar-refractivity contribution in [2.75, 3.05) is 0 Å². The van der Waals surface area contributed by atoms with Crippen LogP contribution in [0, 0.1) is 11.3 Å². The second kappa shape index (κ2) is 5.05. The number of hydrogen-bond donors (Lipinski definition) is 1. The minimum Gasteiger partial charge on any atom is -0.411 e. The molecule has 1 unspecified atom stereocenters. The Kier molecular flexibility index (Phi) is 4.74. The normalized spacial score (nSPS) is 15.5. The van der Waals surface area contributed by atoms with Gasteiger partial charge in [-0.25, -0.2) is 0 Å². The molecule has 1 N–H and O–H groups in total. The van der Waals surface area contributed by atoms with Crippen LogP contribution in [0.15, 0.2) is 17.8 Å². The molecule has 0 spiro atoms. The van der Waals surface area contributed by atoms with Crippen molar-refractivity contribution in [1.29, 1.82) is 0 Å². The summed E-state index contributed by atoms with van der Waals surface area (Å²) in [5.74, 6) is 0.303. The summed E-state index contributed by atoms with van der Waals surface area (Å²) in [7, 11) is 0. The molecule has 0 radical (unpaired) electrons. The molecule has 0 aliphatic carbocycles. The van der Waals surface area contributed by atoms with Gasteiger partial charge in [0.1, 0.15) is 0 Å². The van der Waals surface area contributed by atoms with E-state index in [0.717, 1.165) is 18.6 Å². The molecule has 0 aromatic heterocycles. The molecule has 0 aromatic carbocycles. The predicted octanol–water partition coefficient (Wildman–Crippen LogP) is 3.47. The van der Waals surface area contributed by atoms with E-state index in [9.17, 15) is 0 Å². The summed E-state index contributed by atoms with van der Waals surface area (Å²) < 4.78 is 0. The molecular formula is C11H21NO. The van der Waals surface area contributed by atoms with Crippen molar-refractivity contribution in [3.05, 3.63) is 12.7 Å². The van der Waals surface area contributed by atoms with E-state index in [4.69, 9.17) is 5.21 Å². The summed E-state index contributed by atoms with van der Waals surface area (Å²) in [6.07, 6.45) is 3.53. The maximum Gasteiger partial charge on any atom is 0.0607 e. The average Bonchev–Trinajstić information content (AvgIpc) is 2.04. The molecule has 76 valence electrons. The van der Waals surface area contributed by atoms with Crippen LogP contribution < -0.4 is 0 Å². The van der Waals surface area contributed by atoms with Crippen LogP contribution in [0.25, 0.3) is 0 Å². The van der Waals surface area contributed by atoms with E-state index in [2.05, 4.69) is 39.4 Å². The van der Waals surface area contributed by atoms with Crippen LogP contribution in [0.5, 0.6) is 0 Å². The van der Waals surface area contributed by atoms with E-state index in [1.807, 2.05) is 6.08 Å². The van der Waals surface area contributed by atoms with Gasteiger partial charge < -0.3 is 5.21 Å². The van der Waals surface area contributed by atoms with Crippen molar-refractivity contribution in [2.24, 2.45) is 16.5 Å². The maximum atomic E-state index is 8.84. The van der Waals surface area contributed by atoms with Crippen LogP contribution in [0.4, 0.5) is 0 Å². The lowest BCUT2D eigenvalue weighted by Crippen LogP contribution is -2.25. The molecule has 2 nitrogen and oxygen atoms in total. The fraction of sp³-hybridized carbons (Fsp3) is 0.727. The van der Waals surface area contributed by atoms with Gasteiger partial charge in [0.15, 0.2) is 0 Å². The molecule has 0 fully saturated rings. The first-order valence-electron chi connectivity index (χ1n) is 4.75. The Morgan fingerprint density at radius 3 is 2.38 bits per heavy atom. The largest absolute Gasteiger partial charge is 0.411 e. The number of nitrogens with zero attached hydrogens (tertiary/aromatic N) is 1. The van der Waals surface area contributed by atoms with Crippen LogP contribution >= 0.6 is 0 Å². The van der Waals surface area contributed by atoms with E-state index < -0.39 is 0 Å². The van der Waals surface area contributed by atoms with Gasteiger partial charge >= 0.3 is 0 Å². The molecule has 2 heteroatoms. The molecule has 0 aliphatic heterocycles. The zero-order chi connectivity index (χ0) is 10.5. The van der Waals surface area contributed by atoms with Gasteiger partial charge in [0.25, 0.3) is 0 Å². The van der Waals surface area contributed by atoms with Gasteiger partial charge in [-0.1, -0.05) is 38.9 Å². The molecule has 0 aromatic rings. The Morgan fingerprint density at radius 2 is 2.08 bits per heavy atom. The molecule has 0 amide bonds. The molecule has 0 saturated carbocycles. The van der Waals surface area contributed by atoms with Gasteiger partial charge in [-0.3, -0.25) is 0 Å². The van der Waals surface area contributed by atoms with Gasteiger partial charge in [0, 0.05) is 5.92 Å². The minimum atomic E-state index is 0.155. The van der Waals surface area contributed by atoms with Crippen LogP contribution in [-0.4, -0.2) is 10.9 Å². The minimum absolute atomic E-state index is 0.155. The summed E-state index contributed by atoms with van der Waals surface area (Å²) in [4.78, 5) is 0.